The Hall–Kier alpha value is -3.08. The SMILES string of the molecule is COc1ccc(/C=C\C(=O)N2C(=O)OC[C@H]2c2ccccc2)cc1. The van der Waals surface area contributed by atoms with Gasteiger partial charge in [-0.1, -0.05) is 42.5 Å². The van der Waals surface area contributed by atoms with Gasteiger partial charge in [0.25, 0.3) is 5.91 Å². The molecule has 0 bridgehead atoms. The molecule has 5 nitrogen and oxygen atoms in total. The molecular weight excluding hydrogens is 306 g/mol. The van der Waals surface area contributed by atoms with Crippen molar-refractivity contribution in [3.63, 3.8) is 0 Å². The summed E-state index contributed by atoms with van der Waals surface area (Å²) in [6, 6.07) is 16.3. The molecule has 5 heteroatoms. The smallest absolute Gasteiger partial charge is 0.417 e. The van der Waals surface area contributed by atoms with Crippen molar-refractivity contribution in [2.45, 2.75) is 6.04 Å². The number of ether oxygens (including phenoxy) is 2. The Balaban J connectivity index is 1.76. The van der Waals surface area contributed by atoms with Crippen molar-refractivity contribution in [2.75, 3.05) is 13.7 Å². The molecule has 1 heterocycles. The van der Waals surface area contributed by atoms with Crippen molar-refractivity contribution in [3.8, 4) is 5.75 Å². The van der Waals surface area contributed by atoms with Crippen LogP contribution in [0, 0.1) is 0 Å². The first-order chi connectivity index (χ1) is 11.7. The average molecular weight is 323 g/mol. The zero-order valence-electron chi connectivity index (χ0n) is 13.2. The van der Waals surface area contributed by atoms with Crippen LogP contribution in [0.5, 0.6) is 5.75 Å². The molecule has 2 aromatic rings. The Kier molecular flexibility index (Phi) is 4.61. The van der Waals surface area contributed by atoms with E-state index in [4.69, 9.17) is 9.47 Å². The van der Waals surface area contributed by atoms with Crippen LogP contribution < -0.4 is 4.74 Å². The van der Waals surface area contributed by atoms with Crippen LogP contribution in [0.25, 0.3) is 6.08 Å². The lowest BCUT2D eigenvalue weighted by molar-refractivity contribution is -0.124. The van der Waals surface area contributed by atoms with Gasteiger partial charge in [-0.15, -0.1) is 0 Å². The van der Waals surface area contributed by atoms with Gasteiger partial charge >= 0.3 is 6.09 Å². The van der Waals surface area contributed by atoms with Crippen LogP contribution in [0.15, 0.2) is 60.7 Å². The fraction of sp³-hybridized carbons (Fsp3) is 0.158. The Morgan fingerprint density at radius 2 is 1.88 bits per heavy atom. The molecule has 1 saturated heterocycles. The molecular formula is C19H17NO4. The molecule has 0 spiro atoms. The summed E-state index contributed by atoms with van der Waals surface area (Å²) in [6.45, 7) is 0.172. The minimum atomic E-state index is -0.617. The van der Waals surface area contributed by atoms with Crippen molar-refractivity contribution < 1.29 is 19.1 Å². The second-order valence-corrected chi connectivity index (χ2v) is 5.32. The zero-order chi connectivity index (χ0) is 16.9. The van der Waals surface area contributed by atoms with E-state index >= 15 is 0 Å². The number of rotatable bonds is 4. The summed E-state index contributed by atoms with van der Waals surface area (Å²) in [6.07, 6.45) is 2.42. The van der Waals surface area contributed by atoms with Gasteiger partial charge in [0.05, 0.1) is 7.11 Å². The van der Waals surface area contributed by atoms with Gasteiger partial charge in [-0.3, -0.25) is 4.79 Å². The molecule has 1 fully saturated rings. The highest BCUT2D eigenvalue weighted by molar-refractivity contribution is 6.02. The number of cyclic esters (lactones) is 1. The van der Waals surface area contributed by atoms with E-state index in [1.807, 2.05) is 42.5 Å². The second kappa shape index (κ2) is 7.00. The third kappa shape index (κ3) is 3.30. The lowest BCUT2D eigenvalue weighted by atomic mass is 10.1. The summed E-state index contributed by atoms with van der Waals surface area (Å²) in [5, 5.41) is 0. The number of amides is 2. The monoisotopic (exact) mass is 323 g/mol. The highest BCUT2D eigenvalue weighted by atomic mass is 16.6. The fourth-order valence-corrected chi connectivity index (χ4v) is 2.55. The van der Waals surface area contributed by atoms with Gasteiger partial charge in [0, 0.05) is 6.08 Å². The van der Waals surface area contributed by atoms with Crippen molar-refractivity contribution in [3.05, 3.63) is 71.8 Å². The topological polar surface area (TPSA) is 55.8 Å². The van der Waals surface area contributed by atoms with E-state index in [-0.39, 0.29) is 6.61 Å². The molecule has 122 valence electrons. The molecule has 1 atom stereocenters. The number of hydrogen-bond donors (Lipinski definition) is 0. The summed E-state index contributed by atoms with van der Waals surface area (Å²) in [7, 11) is 1.59. The highest BCUT2D eigenvalue weighted by Gasteiger charge is 2.37. The predicted molar refractivity (Wildman–Crippen MR) is 89.4 cm³/mol. The lowest BCUT2D eigenvalue weighted by Crippen LogP contribution is -2.32. The van der Waals surface area contributed by atoms with Crippen molar-refractivity contribution in [1.82, 2.24) is 4.90 Å². The third-order valence-corrected chi connectivity index (χ3v) is 3.83. The van der Waals surface area contributed by atoms with Crippen LogP contribution in [0.3, 0.4) is 0 Å². The molecule has 3 rings (SSSR count). The first kappa shape index (κ1) is 15.8. The molecule has 0 radical (unpaired) electrons. The average Bonchev–Trinajstić information content (AvgIpc) is 3.02. The zero-order valence-corrected chi connectivity index (χ0v) is 13.2. The molecule has 1 aliphatic rings. The molecule has 0 unspecified atom stereocenters. The minimum Gasteiger partial charge on any atom is -0.497 e. The second-order valence-electron chi connectivity index (χ2n) is 5.32. The van der Waals surface area contributed by atoms with Gasteiger partial charge in [0.15, 0.2) is 0 Å². The van der Waals surface area contributed by atoms with Gasteiger partial charge in [-0.2, -0.15) is 0 Å². The van der Waals surface area contributed by atoms with E-state index in [9.17, 15) is 9.59 Å². The highest BCUT2D eigenvalue weighted by Crippen LogP contribution is 2.28. The van der Waals surface area contributed by atoms with Gasteiger partial charge in [0.2, 0.25) is 0 Å². The van der Waals surface area contributed by atoms with Crippen LogP contribution in [-0.2, 0) is 9.53 Å². The van der Waals surface area contributed by atoms with Crippen molar-refractivity contribution in [1.29, 1.82) is 0 Å². The van der Waals surface area contributed by atoms with E-state index in [2.05, 4.69) is 0 Å². The Bertz CT molecular complexity index is 753. The summed E-state index contributed by atoms with van der Waals surface area (Å²) in [5.74, 6) is 0.341. The number of benzene rings is 2. The van der Waals surface area contributed by atoms with Crippen LogP contribution >= 0.6 is 0 Å². The van der Waals surface area contributed by atoms with Crippen LogP contribution in [0.2, 0.25) is 0 Å². The molecule has 0 saturated carbocycles. The molecule has 0 aromatic heterocycles. The molecule has 0 N–H and O–H groups in total. The predicted octanol–water partition coefficient (Wildman–Crippen LogP) is 3.43. The summed E-state index contributed by atoms with van der Waals surface area (Å²) in [4.78, 5) is 25.5. The van der Waals surface area contributed by atoms with Crippen molar-refractivity contribution >= 4 is 18.1 Å². The van der Waals surface area contributed by atoms with E-state index in [1.165, 1.54) is 6.08 Å². The lowest BCUT2D eigenvalue weighted by Gasteiger charge is -2.18. The maximum atomic E-state index is 12.4. The van der Waals surface area contributed by atoms with Gasteiger partial charge in [-0.05, 0) is 29.3 Å². The number of carbonyl (C=O) groups excluding carboxylic acids is 2. The summed E-state index contributed by atoms with van der Waals surface area (Å²) < 4.78 is 10.1. The minimum absolute atomic E-state index is 0.172. The molecule has 0 aliphatic carbocycles. The molecule has 2 amide bonds. The largest absolute Gasteiger partial charge is 0.497 e. The van der Waals surface area contributed by atoms with Gasteiger partial charge in [0.1, 0.15) is 18.4 Å². The maximum Gasteiger partial charge on any atom is 0.417 e. The van der Waals surface area contributed by atoms with Crippen LogP contribution in [-0.4, -0.2) is 30.6 Å². The quantitative estimate of drug-likeness (QED) is 0.809. The van der Waals surface area contributed by atoms with Crippen molar-refractivity contribution in [2.24, 2.45) is 0 Å². The molecule has 2 aromatic carbocycles. The first-order valence-corrected chi connectivity index (χ1v) is 7.56. The van der Waals surface area contributed by atoms with E-state index in [0.717, 1.165) is 21.8 Å². The maximum absolute atomic E-state index is 12.4. The number of methoxy groups -OCH3 is 1. The van der Waals surface area contributed by atoms with E-state index < -0.39 is 18.0 Å². The van der Waals surface area contributed by atoms with E-state index in [1.54, 1.807) is 25.3 Å². The standard InChI is InChI=1S/C19H17NO4/c1-23-16-10-7-14(8-11-16)9-12-18(21)20-17(13-24-19(20)22)15-5-3-2-4-6-15/h2-12,17H,13H2,1H3/b12-9-/t17-/m0/s1. The van der Waals surface area contributed by atoms with E-state index in [0.29, 0.717) is 0 Å². The number of hydrogen-bond acceptors (Lipinski definition) is 4. The molecule has 1 aliphatic heterocycles. The first-order valence-electron chi connectivity index (χ1n) is 7.56. The Morgan fingerprint density at radius 3 is 2.54 bits per heavy atom. The fourth-order valence-electron chi connectivity index (χ4n) is 2.55. The summed E-state index contributed by atoms with van der Waals surface area (Å²) in [5.41, 5.74) is 1.71. The Morgan fingerprint density at radius 1 is 1.17 bits per heavy atom. The Labute approximate surface area is 140 Å². The van der Waals surface area contributed by atoms with Crippen LogP contribution in [0.4, 0.5) is 4.79 Å². The summed E-state index contributed by atoms with van der Waals surface area (Å²) >= 11 is 0. The normalized spacial score (nSPS) is 17.1. The number of nitrogens with zero attached hydrogens (tertiary/aromatic N) is 1. The third-order valence-electron chi connectivity index (χ3n) is 3.83. The van der Waals surface area contributed by atoms with Gasteiger partial charge < -0.3 is 9.47 Å². The number of carbonyl (C=O) groups is 2. The molecule has 24 heavy (non-hydrogen) atoms. The van der Waals surface area contributed by atoms with Crippen LogP contribution in [0.1, 0.15) is 17.2 Å². The number of imide groups is 1. The van der Waals surface area contributed by atoms with Gasteiger partial charge in [-0.25, -0.2) is 9.69 Å².